The van der Waals surface area contributed by atoms with Gasteiger partial charge < -0.3 is 10.8 Å². The van der Waals surface area contributed by atoms with Crippen LogP contribution in [0.2, 0.25) is 0 Å². The molecule has 6 heteroatoms. The van der Waals surface area contributed by atoms with Gasteiger partial charge in [-0.25, -0.2) is 9.97 Å². The Morgan fingerprint density at radius 1 is 1.45 bits per heavy atom. The lowest BCUT2D eigenvalue weighted by atomic mass is 10.1. The summed E-state index contributed by atoms with van der Waals surface area (Å²) in [5, 5.41) is 8.82. The van der Waals surface area contributed by atoms with E-state index in [0.29, 0.717) is 5.82 Å². The number of rotatable bonds is 4. The molecule has 3 N–H and O–H groups in total. The second-order valence-electron chi connectivity index (χ2n) is 4.47. The lowest BCUT2D eigenvalue weighted by Gasteiger charge is -2.09. The van der Waals surface area contributed by atoms with Crippen molar-refractivity contribution in [1.29, 1.82) is 0 Å². The van der Waals surface area contributed by atoms with Gasteiger partial charge in [-0.3, -0.25) is 4.79 Å². The summed E-state index contributed by atoms with van der Waals surface area (Å²) in [7, 11) is 0. The van der Waals surface area contributed by atoms with Gasteiger partial charge in [-0.1, -0.05) is 22.0 Å². The molecule has 1 aromatic heterocycles. The molecule has 1 aromatic carbocycles. The van der Waals surface area contributed by atoms with Gasteiger partial charge in [0.15, 0.2) is 0 Å². The maximum absolute atomic E-state index is 10.8. The Hall–Kier alpha value is -1.79. The van der Waals surface area contributed by atoms with Crippen LogP contribution in [0.5, 0.6) is 0 Å². The Balaban J connectivity index is 2.34. The molecule has 104 valence electrons. The van der Waals surface area contributed by atoms with E-state index in [2.05, 4.69) is 25.9 Å². The van der Waals surface area contributed by atoms with Crippen LogP contribution in [0.15, 0.2) is 34.9 Å². The van der Waals surface area contributed by atoms with Crippen LogP contribution in [0, 0.1) is 6.92 Å². The van der Waals surface area contributed by atoms with Crippen LogP contribution in [0.4, 0.5) is 0 Å². The van der Waals surface area contributed by atoms with Gasteiger partial charge >= 0.3 is 5.97 Å². The van der Waals surface area contributed by atoms with E-state index in [1.54, 1.807) is 12.3 Å². The highest BCUT2D eigenvalue weighted by molar-refractivity contribution is 9.10. The van der Waals surface area contributed by atoms with Crippen molar-refractivity contribution in [2.75, 3.05) is 0 Å². The average Bonchev–Trinajstić information content (AvgIpc) is 2.41. The Bertz CT molecular complexity index is 646. The van der Waals surface area contributed by atoms with Gasteiger partial charge in [0.05, 0.1) is 5.69 Å². The van der Waals surface area contributed by atoms with E-state index < -0.39 is 12.0 Å². The normalized spacial score (nSPS) is 12.2. The molecule has 0 radical (unpaired) electrons. The highest BCUT2D eigenvalue weighted by atomic mass is 79.9. The largest absolute Gasteiger partial charge is 0.480 e. The molecule has 1 heterocycles. The third-order valence-corrected chi connectivity index (χ3v) is 3.39. The molecule has 0 saturated heterocycles. The number of hydrogen-bond acceptors (Lipinski definition) is 4. The van der Waals surface area contributed by atoms with E-state index in [1.165, 1.54) is 0 Å². The van der Waals surface area contributed by atoms with Crippen LogP contribution in [-0.2, 0) is 11.2 Å². The smallest absolute Gasteiger partial charge is 0.320 e. The van der Waals surface area contributed by atoms with Gasteiger partial charge in [0.1, 0.15) is 11.9 Å². The maximum atomic E-state index is 10.8. The van der Waals surface area contributed by atoms with Gasteiger partial charge in [-0.05, 0) is 30.7 Å². The lowest BCUT2D eigenvalue weighted by molar-refractivity contribution is -0.138. The molecule has 0 aliphatic heterocycles. The van der Waals surface area contributed by atoms with E-state index in [9.17, 15) is 4.79 Å². The summed E-state index contributed by atoms with van der Waals surface area (Å²) < 4.78 is 0.959. The van der Waals surface area contributed by atoms with Crippen molar-refractivity contribution in [3.05, 3.63) is 46.3 Å². The summed E-state index contributed by atoms with van der Waals surface area (Å²) in [6.45, 7) is 1.99. The van der Waals surface area contributed by atoms with Crippen LogP contribution < -0.4 is 5.73 Å². The highest BCUT2D eigenvalue weighted by Crippen LogP contribution is 2.25. The van der Waals surface area contributed by atoms with Crippen LogP contribution in [0.3, 0.4) is 0 Å². The van der Waals surface area contributed by atoms with E-state index in [4.69, 9.17) is 10.8 Å². The summed E-state index contributed by atoms with van der Waals surface area (Å²) >= 11 is 3.43. The first-order chi connectivity index (χ1) is 9.47. The molecular formula is C14H14BrN3O2. The minimum absolute atomic E-state index is 0.107. The number of hydrogen-bond donors (Lipinski definition) is 2. The third-order valence-electron chi connectivity index (χ3n) is 2.90. The number of aromatic nitrogens is 2. The van der Waals surface area contributed by atoms with E-state index in [-0.39, 0.29) is 6.42 Å². The fourth-order valence-corrected chi connectivity index (χ4v) is 2.16. The fourth-order valence-electron chi connectivity index (χ4n) is 1.80. The van der Waals surface area contributed by atoms with Crippen LogP contribution in [-0.4, -0.2) is 27.1 Å². The van der Waals surface area contributed by atoms with E-state index >= 15 is 0 Å². The van der Waals surface area contributed by atoms with Gasteiger partial charge in [0, 0.05) is 22.7 Å². The second kappa shape index (κ2) is 6.11. The van der Waals surface area contributed by atoms with E-state index in [0.717, 1.165) is 21.3 Å². The Kier molecular flexibility index (Phi) is 4.46. The zero-order chi connectivity index (χ0) is 14.7. The second-order valence-corrected chi connectivity index (χ2v) is 5.38. The molecule has 0 aliphatic rings. The number of aliphatic carboxylic acids is 1. The molecule has 1 atom stereocenters. The first-order valence-electron chi connectivity index (χ1n) is 6.04. The molecule has 0 aliphatic carbocycles. The number of carboxylic acids is 1. The monoisotopic (exact) mass is 335 g/mol. The van der Waals surface area contributed by atoms with Crippen LogP contribution in [0.1, 0.15) is 11.4 Å². The first-order valence-corrected chi connectivity index (χ1v) is 6.83. The van der Waals surface area contributed by atoms with Crippen LogP contribution in [0.25, 0.3) is 11.3 Å². The first kappa shape index (κ1) is 14.6. The molecule has 0 amide bonds. The van der Waals surface area contributed by atoms with Gasteiger partial charge in [-0.15, -0.1) is 0 Å². The van der Waals surface area contributed by atoms with Crippen molar-refractivity contribution in [1.82, 2.24) is 9.97 Å². The molecular weight excluding hydrogens is 322 g/mol. The van der Waals surface area contributed by atoms with Crippen molar-refractivity contribution >= 4 is 21.9 Å². The summed E-state index contributed by atoms with van der Waals surface area (Å²) in [4.78, 5) is 19.2. The predicted molar refractivity (Wildman–Crippen MR) is 79.2 cm³/mol. The SMILES string of the molecule is Cc1ccc(Br)cc1-c1ccnc(CC(N)C(=O)O)n1. The molecule has 0 bridgehead atoms. The molecule has 0 saturated carbocycles. The molecule has 5 nitrogen and oxygen atoms in total. The van der Waals surface area contributed by atoms with Crippen molar-refractivity contribution < 1.29 is 9.90 Å². The average molecular weight is 336 g/mol. The standard InChI is InChI=1S/C14H14BrN3O2/c1-8-2-3-9(15)6-10(8)12-4-5-17-13(18-12)7-11(16)14(19)20/h2-6,11H,7,16H2,1H3,(H,19,20). The molecule has 2 aromatic rings. The molecule has 0 fully saturated rings. The quantitative estimate of drug-likeness (QED) is 0.893. The third kappa shape index (κ3) is 3.40. The zero-order valence-corrected chi connectivity index (χ0v) is 12.5. The molecule has 2 rings (SSSR count). The molecule has 1 unspecified atom stereocenters. The Labute approximate surface area is 125 Å². The minimum Gasteiger partial charge on any atom is -0.480 e. The Morgan fingerprint density at radius 2 is 2.20 bits per heavy atom. The highest BCUT2D eigenvalue weighted by Gasteiger charge is 2.14. The number of halogens is 1. The van der Waals surface area contributed by atoms with Crippen molar-refractivity contribution in [3.63, 3.8) is 0 Å². The predicted octanol–water partition coefficient (Wildman–Crippen LogP) is 2.17. The Morgan fingerprint density at radius 3 is 2.90 bits per heavy atom. The number of aryl methyl sites for hydroxylation is 1. The summed E-state index contributed by atoms with van der Waals surface area (Å²) in [5.74, 6) is -0.630. The van der Waals surface area contributed by atoms with Crippen LogP contribution >= 0.6 is 15.9 Å². The van der Waals surface area contributed by atoms with Gasteiger partial charge in [0.2, 0.25) is 0 Å². The summed E-state index contributed by atoms with van der Waals surface area (Å²) in [5.41, 5.74) is 8.32. The topological polar surface area (TPSA) is 89.1 Å². The minimum atomic E-state index is -1.06. The summed E-state index contributed by atoms with van der Waals surface area (Å²) in [6, 6.07) is 6.73. The van der Waals surface area contributed by atoms with E-state index in [1.807, 2.05) is 25.1 Å². The fraction of sp³-hybridized carbons (Fsp3) is 0.214. The van der Waals surface area contributed by atoms with Gasteiger partial charge in [-0.2, -0.15) is 0 Å². The van der Waals surface area contributed by atoms with Gasteiger partial charge in [0.25, 0.3) is 0 Å². The summed E-state index contributed by atoms with van der Waals surface area (Å²) in [6.07, 6.45) is 1.73. The lowest BCUT2D eigenvalue weighted by Crippen LogP contribution is -2.32. The van der Waals surface area contributed by atoms with Crippen molar-refractivity contribution in [2.45, 2.75) is 19.4 Å². The molecule has 20 heavy (non-hydrogen) atoms. The van der Waals surface area contributed by atoms with Crippen molar-refractivity contribution in [2.24, 2.45) is 5.73 Å². The number of nitrogens with zero attached hydrogens (tertiary/aromatic N) is 2. The molecule has 0 spiro atoms. The number of carboxylic acid groups (broad SMARTS) is 1. The number of carbonyl (C=O) groups is 1. The maximum Gasteiger partial charge on any atom is 0.320 e. The zero-order valence-electron chi connectivity index (χ0n) is 10.9. The number of benzene rings is 1. The van der Waals surface area contributed by atoms with Crippen molar-refractivity contribution in [3.8, 4) is 11.3 Å². The number of nitrogens with two attached hydrogens (primary N) is 1.